The standard InChI is InChI=1S/C20H31NO4/c1-4-5-6-7-8-12-15-17(20(23)25-3)21-19(22)18(24-2)16-13-10-9-11-14-16/h9-11,13-14,17-18H,4-8,12,15H2,1-3H3,(H,21,22)/t17-,18-/m0/s1. The van der Waals surface area contributed by atoms with E-state index >= 15 is 0 Å². The van der Waals surface area contributed by atoms with Crippen molar-refractivity contribution in [3.63, 3.8) is 0 Å². The predicted molar refractivity (Wildman–Crippen MR) is 98.1 cm³/mol. The molecule has 2 atom stereocenters. The summed E-state index contributed by atoms with van der Waals surface area (Å²) in [4.78, 5) is 24.5. The molecule has 1 aromatic rings. The number of hydrogen-bond donors (Lipinski definition) is 1. The SMILES string of the molecule is CCCCCCCC[C@H](NC(=O)[C@@H](OC)c1ccccc1)C(=O)OC. The summed E-state index contributed by atoms with van der Waals surface area (Å²) in [5.74, 6) is -0.736. The third kappa shape index (κ3) is 7.69. The zero-order valence-corrected chi connectivity index (χ0v) is 15.6. The Morgan fingerprint density at radius 3 is 2.24 bits per heavy atom. The van der Waals surface area contributed by atoms with Crippen molar-refractivity contribution in [2.45, 2.75) is 64.0 Å². The number of methoxy groups -OCH3 is 2. The van der Waals surface area contributed by atoms with Crippen molar-refractivity contribution in [2.75, 3.05) is 14.2 Å². The maximum atomic E-state index is 12.5. The zero-order valence-electron chi connectivity index (χ0n) is 15.6. The van der Waals surface area contributed by atoms with Crippen LogP contribution in [0.1, 0.15) is 63.5 Å². The summed E-state index contributed by atoms with van der Waals surface area (Å²) in [5.41, 5.74) is 0.755. The van der Waals surface area contributed by atoms with E-state index in [1.165, 1.54) is 33.5 Å². The van der Waals surface area contributed by atoms with Gasteiger partial charge in [-0.25, -0.2) is 4.79 Å². The molecule has 0 saturated carbocycles. The Balaban J connectivity index is 2.58. The van der Waals surface area contributed by atoms with Crippen molar-refractivity contribution in [3.8, 4) is 0 Å². The van der Waals surface area contributed by atoms with E-state index in [2.05, 4.69) is 12.2 Å². The Morgan fingerprint density at radius 2 is 1.64 bits per heavy atom. The van der Waals surface area contributed by atoms with Gasteiger partial charge in [0.2, 0.25) is 0 Å². The molecule has 1 aromatic carbocycles. The first-order chi connectivity index (χ1) is 12.1. The van der Waals surface area contributed by atoms with Crippen LogP contribution in [0, 0.1) is 0 Å². The minimum atomic E-state index is -0.738. The van der Waals surface area contributed by atoms with Gasteiger partial charge in [-0.2, -0.15) is 0 Å². The maximum absolute atomic E-state index is 12.5. The molecule has 0 spiro atoms. The Bertz CT molecular complexity index is 504. The van der Waals surface area contributed by atoms with Gasteiger partial charge in [0.15, 0.2) is 6.10 Å². The predicted octanol–water partition coefficient (Wildman–Crippen LogP) is 3.78. The van der Waals surface area contributed by atoms with Gasteiger partial charge in [0.1, 0.15) is 6.04 Å². The second-order valence-corrected chi connectivity index (χ2v) is 6.17. The molecule has 1 amide bonds. The summed E-state index contributed by atoms with van der Waals surface area (Å²) < 4.78 is 10.2. The fraction of sp³-hybridized carbons (Fsp3) is 0.600. The van der Waals surface area contributed by atoms with E-state index in [1.54, 1.807) is 0 Å². The number of rotatable bonds is 12. The summed E-state index contributed by atoms with van der Waals surface area (Å²) >= 11 is 0. The number of hydrogen-bond acceptors (Lipinski definition) is 4. The lowest BCUT2D eigenvalue weighted by atomic mass is 10.0. The Hall–Kier alpha value is -1.88. The van der Waals surface area contributed by atoms with Crippen molar-refractivity contribution in [1.29, 1.82) is 0 Å². The molecule has 0 fully saturated rings. The van der Waals surface area contributed by atoms with E-state index in [9.17, 15) is 9.59 Å². The molecule has 0 aliphatic heterocycles. The molecule has 5 nitrogen and oxygen atoms in total. The highest BCUT2D eigenvalue weighted by Gasteiger charge is 2.26. The van der Waals surface area contributed by atoms with E-state index in [0.717, 1.165) is 24.8 Å². The van der Waals surface area contributed by atoms with Gasteiger partial charge in [0, 0.05) is 7.11 Å². The Kier molecular flexibility index (Phi) is 10.6. The number of carbonyl (C=O) groups is 2. The molecule has 140 valence electrons. The smallest absolute Gasteiger partial charge is 0.328 e. The second kappa shape index (κ2) is 12.5. The van der Waals surface area contributed by atoms with E-state index in [1.807, 2.05) is 30.3 Å². The molecule has 25 heavy (non-hydrogen) atoms. The van der Waals surface area contributed by atoms with Crippen LogP contribution in [-0.4, -0.2) is 32.1 Å². The molecular weight excluding hydrogens is 318 g/mol. The van der Waals surface area contributed by atoms with Crippen LogP contribution in [-0.2, 0) is 19.1 Å². The number of benzene rings is 1. The van der Waals surface area contributed by atoms with E-state index in [0.29, 0.717) is 6.42 Å². The Labute approximate surface area is 151 Å². The van der Waals surface area contributed by atoms with Gasteiger partial charge >= 0.3 is 5.97 Å². The summed E-state index contributed by atoms with van der Waals surface area (Å²) in [6.07, 6.45) is 6.59. The van der Waals surface area contributed by atoms with Gasteiger partial charge in [-0.1, -0.05) is 75.8 Å². The van der Waals surface area contributed by atoms with E-state index in [-0.39, 0.29) is 5.91 Å². The van der Waals surface area contributed by atoms with Crippen LogP contribution in [0.4, 0.5) is 0 Å². The summed E-state index contributed by atoms with van der Waals surface area (Å²) in [6.45, 7) is 2.18. The Morgan fingerprint density at radius 1 is 1.00 bits per heavy atom. The molecule has 0 bridgehead atoms. The summed E-state index contributed by atoms with van der Waals surface area (Å²) in [6, 6.07) is 8.60. The molecule has 1 N–H and O–H groups in total. The molecule has 0 unspecified atom stereocenters. The quantitative estimate of drug-likeness (QED) is 0.461. The fourth-order valence-corrected chi connectivity index (χ4v) is 2.79. The summed E-state index contributed by atoms with van der Waals surface area (Å²) in [5, 5.41) is 2.78. The van der Waals surface area contributed by atoms with Crippen LogP contribution in [0.15, 0.2) is 30.3 Å². The van der Waals surface area contributed by atoms with Crippen molar-refractivity contribution in [1.82, 2.24) is 5.32 Å². The normalized spacial score (nSPS) is 13.1. The third-order valence-corrected chi connectivity index (χ3v) is 4.22. The van der Waals surface area contributed by atoms with Crippen molar-refractivity contribution in [3.05, 3.63) is 35.9 Å². The topological polar surface area (TPSA) is 64.6 Å². The fourth-order valence-electron chi connectivity index (χ4n) is 2.79. The second-order valence-electron chi connectivity index (χ2n) is 6.17. The average Bonchev–Trinajstić information content (AvgIpc) is 2.64. The van der Waals surface area contributed by atoms with Gasteiger partial charge in [0.05, 0.1) is 7.11 Å². The minimum Gasteiger partial charge on any atom is -0.467 e. The third-order valence-electron chi connectivity index (χ3n) is 4.22. The molecule has 0 aliphatic carbocycles. The lowest BCUT2D eigenvalue weighted by molar-refractivity contribution is -0.147. The van der Waals surface area contributed by atoms with Gasteiger partial charge in [-0.15, -0.1) is 0 Å². The van der Waals surface area contributed by atoms with Crippen LogP contribution in [0.2, 0.25) is 0 Å². The van der Waals surface area contributed by atoms with Gasteiger partial charge in [0.25, 0.3) is 5.91 Å². The first kappa shape index (κ1) is 21.2. The highest BCUT2D eigenvalue weighted by molar-refractivity contribution is 5.87. The van der Waals surface area contributed by atoms with E-state index in [4.69, 9.17) is 9.47 Å². The lowest BCUT2D eigenvalue weighted by Crippen LogP contribution is -2.44. The molecule has 5 heteroatoms. The van der Waals surface area contributed by atoms with Gasteiger partial charge in [-0.3, -0.25) is 4.79 Å². The number of nitrogens with one attached hydrogen (secondary N) is 1. The average molecular weight is 349 g/mol. The summed E-state index contributed by atoms with van der Waals surface area (Å²) in [7, 11) is 2.83. The molecule has 1 rings (SSSR count). The number of esters is 1. The van der Waals surface area contributed by atoms with Crippen LogP contribution < -0.4 is 5.32 Å². The molecule has 0 heterocycles. The highest BCUT2D eigenvalue weighted by Crippen LogP contribution is 2.17. The van der Waals surface area contributed by atoms with Gasteiger partial charge in [-0.05, 0) is 12.0 Å². The zero-order chi connectivity index (χ0) is 18.5. The minimum absolute atomic E-state index is 0.324. The van der Waals surface area contributed by atoms with Crippen LogP contribution >= 0.6 is 0 Å². The molecule has 0 saturated heterocycles. The monoisotopic (exact) mass is 349 g/mol. The van der Waals surface area contributed by atoms with Crippen molar-refractivity contribution in [2.24, 2.45) is 0 Å². The molecule has 0 aromatic heterocycles. The van der Waals surface area contributed by atoms with E-state index < -0.39 is 18.1 Å². The first-order valence-corrected chi connectivity index (χ1v) is 9.10. The number of ether oxygens (including phenoxy) is 2. The van der Waals surface area contributed by atoms with Crippen molar-refractivity contribution >= 4 is 11.9 Å². The largest absolute Gasteiger partial charge is 0.467 e. The highest BCUT2D eigenvalue weighted by atomic mass is 16.5. The molecule has 0 aliphatic rings. The first-order valence-electron chi connectivity index (χ1n) is 9.10. The van der Waals surface area contributed by atoms with Crippen LogP contribution in [0.25, 0.3) is 0 Å². The van der Waals surface area contributed by atoms with Crippen LogP contribution in [0.5, 0.6) is 0 Å². The van der Waals surface area contributed by atoms with Crippen molar-refractivity contribution < 1.29 is 19.1 Å². The van der Waals surface area contributed by atoms with Gasteiger partial charge < -0.3 is 14.8 Å². The van der Waals surface area contributed by atoms with Crippen LogP contribution in [0.3, 0.4) is 0 Å². The lowest BCUT2D eigenvalue weighted by Gasteiger charge is -2.21. The number of unbranched alkanes of at least 4 members (excludes halogenated alkanes) is 5. The number of carbonyl (C=O) groups excluding carboxylic acids is 2. The number of amides is 1. The maximum Gasteiger partial charge on any atom is 0.328 e. The molecular formula is C20H31NO4. The molecule has 0 radical (unpaired) electrons.